The van der Waals surface area contributed by atoms with Crippen molar-refractivity contribution in [2.75, 3.05) is 13.6 Å². The number of rotatable bonds is 5. The Kier molecular flexibility index (Phi) is 4.30. The molecule has 0 fully saturated rings. The lowest BCUT2D eigenvalue weighted by Gasteiger charge is -2.34. The summed E-state index contributed by atoms with van der Waals surface area (Å²) in [5, 5.41) is 3.39. The monoisotopic (exact) mass is 206 g/mol. The van der Waals surface area contributed by atoms with Crippen molar-refractivity contribution < 1.29 is 0 Å². The second kappa shape index (κ2) is 5.29. The average molecular weight is 206 g/mol. The molecule has 15 heavy (non-hydrogen) atoms. The van der Waals surface area contributed by atoms with E-state index in [0.29, 0.717) is 6.04 Å². The van der Waals surface area contributed by atoms with Crippen molar-refractivity contribution in [2.24, 2.45) is 11.1 Å². The summed E-state index contributed by atoms with van der Waals surface area (Å²) < 4.78 is 0. The fourth-order valence-corrected chi connectivity index (χ4v) is 2.17. The van der Waals surface area contributed by atoms with E-state index in [2.05, 4.69) is 43.4 Å². The standard InChI is InChI=1S/C13H22N2/c1-13(2,9-10-14)12(15-3)11-7-5-4-6-8-11/h4-8,12,15H,9-10,14H2,1-3H3. The van der Waals surface area contributed by atoms with Crippen molar-refractivity contribution in [3.63, 3.8) is 0 Å². The molecule has 0 aliphatic heterocycles. The van der Waals surface area contributed by atoms with Crippen LogP contribution < -0.4 is 11.1 Å². The van der Waals surface area contributed by atoms with Gasteiger partial charge in [0, 0.05) is 6.04 Å². The first kappa shape index (κ1) is 12.2. The second-order valence-electron chi connectivity index (χ2n) is 4.66. The zero-order valence-electron chi connectivity index (χ0n) is 9.96. The van der Waals surface area contributed by atoms with E-state index in [0.717, 1.165) is 13.0 Å². The van der Waals surface area contributed by atoms with E-state index in [-0.39, 0.29) is 5.41 Å². The molecule has 2 heteroatoms. The molecule has 0 bridgehead atoms. The molecule has 0 aromatic heterocycles. The average Bonchev–Trinajstić information content (AvgIpc) is 2.19. The van der Waals surface area contributed by atoms with E-state index < -0.39 is 0 Å². The summed E-state index contributed by atoms with van der Waals surface area (Å²) in [7, 11) is 2.01. The first-order valence-electron chi connectivity index (χ1n) is 5.54. The van der Waals surface area contributed by atoms with Crippen LogP contribution in [-0.4, -0.2) is 13.6 Å². The first-order valence-corrected chi connectivity index (χ1v) is 5.54. The van der Waals surface area contributed by atoms with Crippen LogP contribution >= 0.6 is 0 Å². The molecule has 1 rings (SSSR count). The third kappa shape index (κ3) is 3.05. The molecule has 0 aliphatic rings. The predicted molar refractivity (Wildman–Crippen MR) is 65.7 cm³/mol. The van der Waals surface area contributed by atoms with Gasteiger partial charge in [-0.1, -0.05) is 44.2 Å². The number of nitrogens with one attached hydrogen (secondary N) is 1. The Hall–Kier alpha value is -0.860. The van der Waals surface area contributed by atoms with Gasteiger partial charge in [-0.3, -0.25) is 0 Å². The van der Waals surface area contributed by atoms with Crippen LogP contribution in [0.4, 0.5) is 0 Å². The molecular formula is C13H22N2. The van der Waals surface area contributed by atoms with Crippen LogP contribution in [0.25, 0.3) is 0 Å². The molecule has 1 atom stereocenters. The van der Waals surface area contributed by atoms with E-state index in [9.17, 15) is 0 Å². The summed E-state index contributed by atoms with van der Waals surface area (Å²) in [6.07, 6.45) is 1.02. The normalized spacial score (nSPS) is 13.9. The van der Waals surface area contributed by atoms with Crippen LogP contribution in [0, 0.1) is 5.41 Å². The SMILES string of the molecule is CNC(c1ccccc1)C(C)(C)CCN. The predicted octanol–water partition coefficient (Wildman–Crippen LogP) is 2.32. The molecule has 0 saturated heterocycles. The van der Waals surface area contributed by atoms with Gasteiger partial charge in [-0.2, -0.15) is 0 Å². The highest BCUT2D eigenvalue weighted by Crippen LogP contribution is 2.35. The maximum atomic E-state index is 5.66. The Labute approximate surface area is 92.9 Å². The fraction of sp³-hybridized carbons (Fsp3) is 0.538. The van der Waals surface area contributed by atoms with Crippen molar-refractivity contribution in [3.05, 3.63) is 35.9 Å². The molecule has 0 spiro atoms. The van der Waals surface area contributed by atoms with Gasteiger partial charge >= 0.3 is 0 Å². The summed E-state index contributed by atoms with van der Waals surface area (Å²) in [5.41, 5.74) is 7.17. The van der Waals surface area contributed by atoms with Gasteiger partial charge in [0.05, 0.1) is 0 Å². The zero-order valence-corrected chi connectivity index (χ0v) is 9.96. The molecule has 3 N–H and O–H groups in total. The lowest BCUT2D eigenvalue weighted by molar-refractivity contribution is 0.239. The summed E-state index contributed by atoms with van der Waals surface area (Å²) >= 11 is 0. The van der Waals surface area contributed by atoms with Gasteiger partial charge in [0.2, 0.25) is 0 Å². The zero-order chi connectivity index (χ0) is 11.3. The van der Waals surface area contributed by atoms with Crippen LogP contribution in [0.3, 0.4) is 0 Å². The summed E-state index contributed by atoms with van der Waals surface area (Å²) in [6.45, 7) is 5.25. The van der Waals surface area contributed by atoms with Crippen molar-refractivity contribution in [1.82, 2.24) is 5.32 Å². The molecule has 0 amide bonds. The van der Waals surface area contributed by atoms with Gasteiger partial charge in [-0.25, -0.2) is 0 Å². The molecular weight excluding hydrogens is 184 g/mol. The summed E-state index contributed by atoms with van der Waals surface area (Å²) in [6, 6.07) is 10.9. The van der Waals surface area contributed by atoms with Crippen LogP contribution in [0.15, 0.2) is 30.3 Å². The maximum Gasteiger partial charge on any atom is 0.0369 e. The van der Waals surface area contributed by atoms with Gasteiger partial charge in [-0.05, 0) is 31.0 Å². The molecule has 0 radical (unpaired) electrons. The van der Waals surface area contributed by atoms with Crippen LogP contribution in [0.5, 0.6) is 0 Å². The minimum atomic E-state index is 0.185. The number of hydrogen-bond donors (Lipinski definition) is 2. The smallest absolute Gasteiger partial charge is 0.0369 e. The Morgan fingerprint density at radius 2 is 1.87 bits per heavy atom. The van der Waals surface area contributed by atoms with Crippen molar-refractivity contribution >= 4 is 0 Å². The Morgan fingerprint density at radius 1 is 1.27 bits per heavy atom. The molecule has 1 aromatic carbocycles. The third-order valence-electron chi connectivity index (χ3n) is 2.99. The van der Waals surface area contributed by atoms with E-state index in [4.69, 9.17) is 5.73 Å². The van der Waals surface area contributed by atoms with Crippen molar-refractivity contribution in [2.45, 2.75) is 26.3 Å². The highest BCUT2D eigenvalue weighted by Gasteiger charge is 2.28. The Bertz CT molecular complexity index is 280. The molecule has 1 aromatic rings. The Morgan fingerprint density at radius 3 is 2.33 bits per heavy atom. The molecule has 0 heterocycles. The Balaban J connectivity index is 2.89. The van der Waals surface area contributed by atoms with Gasteiger partial charge in [0.25, 0.3) is 0 Å². The minimum absolute atomic E-state index is 0.185. The van der Waals surface area contributed by atoms with Crippen LogP contribution in [-0.2, 0) is 0 Å². The topological polar surface area (TPSA) is 38.0 Å². The van der Waals surface area contributed by atoms with Gasteiger partial charge in [-0.15, -0.1) is 0 Å². The lowest BCUT2D eigenvalue weighted by Crippen LogP contribution is -2.33. The van der Waals surface area contributed by atoms with E-state index in [1.165, 1.54) is 5.56 Å². The summed E-state index contributed by atoms with van der Waals surface area (Å²) in [5.74, 6) is 0. The molecule has 0 saturated carbocycles. The fourth-order valence-electron chi connectivity index (χ4n) is 2.17. The van der Waals surface area contributed by atoms with Crippen LogP contribution in [0.1, 0.15) is 31.9 Å². The van der Waals surface area contributed by atoms with Gasteiger partial charge < -0.3 is 11.1 Å². The number of nitrogens with two attached hydrogens (primary N) is 1. The van der Waals surface area contributed by atoms with Gasteiger partial charge in [0.1, 0.15) is 0 Å². The van der Waals surface area contributed by atoms with Crippen molar-refractivity contribution in [1.29, 1.82) is 0 Å². The molecule has 0 aliphatic carbocycles. The lowest BCUT2D eigenvalue weighted by atomic mass is 9.78. The van der Waals surface area contributed by atoms with Gasteiger partial charge in [0.15, 0.2) is 0 Å². The van der Waals surface area contributed by atoms with Crippen LogP contribution in [0.2, 0.25) is 0 Å². The maximum absolute atomic E-state index is 5.66. The molecule has 2 nitrogen and oxygen atoms in total. The molecule has 1 unspecified atom stereocenters. The number of benzene rings is 1. The van der Waals surface area contributed by atoms with E-state index >= 15 is 0 Å². The second-order valence-corrected chi connectivity index (χ2v) is 4.66. The summed E-state index contributed by atoms with van der Waals surface area (Å²) in [4.78, 5) is 0. The highest BCUT2D eigenvalue weighted by atomic mass is 14.9. The van der Waals surface area contributed by atoms with Crippen molar-refractivity contribution in [3.8, 4) is 0 Å². The van der Waals surface area contributed by atoms with E-state index in [1.807, 2.05) is 13.1 Å². The molecule has 84 valence electrons. The largest absolute Gasteiger partial charge is 0.330 e. The number of hydrogen-bond acceptors (Lipinski definition) is 2. The quantitative estimate of drug-likeness (QED) is 0.776. The third-order valence-corrected chi connectivity index (χ3v) is 2.99. The van der Waals surface area contributed by atoms with E-state index in [1.54, 1.807) is 0 Å². The minimum Gasteiger partial charge on any atom is -0.330 e. The first-order chi connectivity index (χ1) is 7.11. The highest BCUT2D eigenvalue weighted by molar-refractivity contribution is 5.20.